The van der Waals surface area contributed by atoms with Gasteiger partial charge in [-0.15, -0.1) is 0 Å². The van der Waals surface area contributed by atoms with Crippen molar-refractivity contribution in [2.24, 2.45) is 0 Å². The van der Waals surface area contributed by atoms with Crippen molar-refractivity contribution < 1.29 is 23.8 Å². The van der Waals surface area contributed by atoms with Crippen molar-refractivity contribution in [2.75, 3.05) is 44.4 Å². The van der Waals surface area contributed by atoms with Crippen molar-refractivity contribution >= 4 is 39.5 Å². The molecule has 2 aliphatic rings. The first-order valence-corrected chi connectivity index (χ1v) is 12.4. The number of hydrogen-bond donors (Lipinski definition) is 2. The summed E-state index contributed by atoms with van der Waals surface area (Å²) in [5.41, 5.74) is 7.28. The van der Waals surface area contributed by atoms with Crippen molar-refractivity contribution in [2.45, 2.75) is 31.0 Å². The summed E-state index contributed by atoms with van der Waals surface area (Å²) in [6.45, 7) is 1.91. The summed E-state index contributed by atoms with van der Waals surface area (Å²) in [4.78, 5) is 29.3. The molecule has 4 aromatic rings. The number of pyridine rings is 1. The Morgan fingerprint density at radius 2 is 2.05 bits per heavy atom. The van der Waals surface area contributed by atoms with E-state index < -0.39 is 24.6 Å². The van der Waals surface area contributed by atoms with E-state index in [2.05, 4.69) is 14.9 Å². The number of nitrogen functional groups attached to an aromatic ring is 1. The molecule has 1 aromatic carbocycles. The minimum Gasteiger partial charge on any atom is -0.491 e. The molecule has 5 heterocycles. The van der Waals surface area contributed by atoms with Gasteiger partial charge in [0.1, 0.15) is 48.2 Å². The first-order chi connectivity index (χ1) is 18.3. The zero-order valence-electron chi connectivity index (χ0n) is 21.0. The summed E-state index contributed by atoms with van der Waals surface area (Å²) < 4.78 is 28.6. The van der Waals surface area contributed by atoms with Crippen LogP contribution >= 0.6 is 0 Å². The van der Waals surface area contributed by atoms with Crippen LogP contribution in [-0.4, -0.2) is 87.6 Å². The summed E-state index contributed by atoms with van der Waals surface area (Å²) in [6.07, 6.45) is -1.62. The highest BCUT2D eigenvalue weighted by atomic mass is 19.1. The van der Waals surface area contributed by atoms with Crippen molar-refractivity contribution in [1.82, 2.24) is 24.4 Å². The van der Waals surface area contributed by atoms with Gasteiger partial charge in [0, 0.05) is 44.8 Å². The van der Waals surface area contributed by atoms with Gasteiger partial charge in [0.25, 0.3) is 5.91 Å². The molecule has 6 rings (SSSR count). The molecule has 38 heavy (non-hydrogen) atoms. The van der Waals surface area contributed by atoms with E-state index in [1.807, 2.05) is 24.3 Å². The second kappa shape index (κ2) is 9.37. The molecule has 198 valence electrons. The normalized spacial score (nSPS) is 23.1. The number of aliphatic hydroxyl groups excluding tert-OH is 1. The third-order valence-electron chi connectivity index (χ3n) is 7.09. The summed E-state index contributed by atoms with van der Waals surface area (Å²) >= 11 is 0. The third-order valence-corrected chi connectivity index (χ3v) is 7.09. The Bertz CT molecular complexity index is 1520. The Morgan fingerprint density at radius 1 is 1.26 bits per heavy atom. The number of alkyl halides is 1. The second-order valence-corrected chi connectivity index (χ2v) is 9.78. The summed E-state index contributed by atoms with van der Waals surface area (Å²) in [7, 11) is 3.20. The predicted molar refractivity (Wildman–Crippen MR) is 139 cm³/mol. The number of nitrogens with zero attached hydrogens (tertiary/aromatic N) is 6. The average molecular weight is 522 g/mol. The molecule has 11 nitrogen and oxygen atoms in total. The number of anilines is 2. The molecule has 2 saturated heterocycles. The van der Waals surface area contributed by atoms with Gasteiger partial charge in [-0.05, 0) is 30.7 Å². The number of halogens is 1. The highest BCUT2D eigenvalue weighted by Crippen LogP contribution is 2.37. The molecule has 2 aliphatic heterocycles. The highest BCUT2D eigenvalue weighted by Gasteiger charge is 2.46. The van der Waals surface area contributed by atoms with E-state index >= 15 is 4.39 Å². The fourth-order valence-electron chi connectivity index (χ4n) is 4.85. The minimum absolute atomic E-state index is 0.0881. The van der Waals surface area contributed by atoms with Gasteiger partial charge < -0.3 is 34.7 Å². The van der Waals surface area contributed by atoms with Gasteiger partial charge in [-0.25, -0.2) is 19.3 Å². The molecule has 4 atom stereocenters. The van der Waals surface area contributed by atoms with Crippen LogP contribution in [-0.2, 0) is 4.74 Å². The Kier molecular flexibility index (Phi) is 6.00. The van der Waals surface area contributed by atoms with E-state index in [1.165, 1.54) is 22.0 Å². The number of amides is 1. The largest absolute Gasteiger partial charge is 0.491 e. The SMILES string of the molecule is CN(C)C(=O)c1cn([C@@H]2O[C@H](COc3ccc4ccc(N5CCC5)nc4c3)[C@@H](O)[C@@H]2F)c2ncnc(N)c12. The van der Waals surface area contributed by atoms with Crippen LogP contribution in [0.3, 0.4) is 0 Å². The lowest BCUT2D eigenvalue weighted by molar-refractivity contribution is -0.0410. The molecule has 3 aromatic heterocycles. The predicted octanol–water partition coefficient (Wildman–Crippen LogP) is 2.15. The topological polar surface area (TPSA) is 132 Å². The van der Waals surface area contributed by atoms with Crippen molar-refractivity contribution in [3.63, 3.8) is 0 Å². The van der Waals surface area contributed by atoms with Gasteiger partial charge >= 0.3 is 0 Å². The van der Waals surface area contributed by atoms with Gasteiger partial charge in [-0.1, -0.05) is 0 Å². The quantitative estimate of drug-likeness (QED) is 0.392. The molecule has 0 unspecified atom stereocenters. The fraction of sp³-hybridized carbons (Fsp3) is 0.385. The lowest BCUT2D eigenvalue weighted by atomic mass is 10.1. The summed E-state index contributed by atoms with van der Waals surface area (Å²) in [5, 5.41) is 11.9. The Hall–Kier alpha value is -4.03. The zero-order chi connectivity index (χ0) is 26.6. The number of fused-ring (bicyclic) bond motifs is 2. The van der Waals surface area contributed by atoms with Crippen LogP contribution in [0.15, 0.2) is 42.9 Å². The number of nitrogens with two attached hydrogens (primary N) is 1. The van der Waals surface area contributed by atoms with Gasteiger partial charge in [0.2, 0.25) is 0 Å². The Balaban J connectivity index is 1.23. The number of aromatic nitrogens is 4. The van der Waals surface area contributed by atoms with Crippen molar-refractivity contribution in [1.29, 1.82) is 0 Å². The van der Waals surface area contributed by atoms with E-state index in [0.717, 1.165) is 36.2 Å². The van der Waals surface area contributed by atoms with Crippen molar-refractivity contribution in [3.05, 3.63) is 48.4 Å². The lowest BCUT2D eigenvalue weighted by Gasteiger charge is -2.32. The summed E-state index contributed by atoms with van der Waals surface area (Å²) in [5.74, 6) is 1.21. The molecule has 0 saturated carbocycles. The van der Waals surface area contributed by atoms with Crippen LogP contribution in [0.4, 0.5) is 16.0 Å². The van der Waals surface area contributed by atoms with Crippen LogP contribution in [0.1, 0.15) is 23.0 Å². The molecule has 0 radical (unpaired) electrons. The number of carbonyl (C=O) groups excluding carboxylic acids is 1. The standard InChI is InChI=1S/C26H28FN7O4/c1-32(2)25(36)16-11-34(24-20(16)23(28)29-13-30-24)26-21(27)22(35)18(38-26)12-37-15-6-4-14-5-7-19(31-17(14)10-15)33-8-3-9-33/h4-7,10-11,13,18,21-22,26,35H,3,8-9,12H2,1-2H3,(H2,28,29,30)/t18-,21+,22-,26-/m1/s1. The van der Waals surface area contributed by atoms with Gasteiger partial charge in [0.05, 0.1) is 16.5 Å². The molecule has 0 bridgehead atoms. The lowest BCUT2D eigenvalue weighted by Crippen LogP contribution is -2.37. The molecule has 0 aliphatic carbocycles. The molecule has 2 fully saturated rings. The first-order valence-electron chi connectivity index (χ1n) is 12.4. The smallest absolute Gasteiger partial charge is 0.255 e. The average Bonchev–Trinajstić information content (AvgIpc) is 3.39. The van der Waals surface area contributed by atoms with E-state index in [1.54, 1.807) is 20.2 Å². The first kappa shape index (κ1) is 24.3. The Morgan fingerprint density at radius 3 is 2.79 bits per heavy atom. The number of benzene rings is 1. The van der Waals surface area contributed by atoms with E-state index in [-0.39, 0.29) is 29.5 Å². The van der Waals surface area contributed by atoms with Crippen LogP contribution in [0.5, 0.6) is 5.75 Å². The molecule has 12 heteroatoms. The summed E-state index contributed by atoms with van der Waals surface area (Å²) in [6, 6.07) is 9.56. The zero-order valence-corrected chi connectivity index (χ0v) is 21.0. The number of carbonyl (C=O) groups is 1. The Labute approximate surface area is 217 Å². The monoisotopic (exact) mass is 521 g/mol. The maximum atomic E-state index is 15.4. The van der Waals surface area contributed by atoms with Gasteiger partial charge in [-0.3, -0.25) is 4.79 Å². The minimum atomic E-state index is -1.80. The van der Waals surface area contributed by atoms with Crippen molar-refractivity contribution in [3.8, 4) is 5.75 Å². The fourth-order valence-corrected chi connectivity index (χ4v) is 4.85. The maximum absolute atomic E-state index is 15.4. The maximum Gasteiger partial charge on any atom is 0.255 e. The number of ether oxygens (including phenoxy) is 2. The third kappa shape index (κ3) is 4.05. The van der Waals surface area contributed by atoms with Crippen LogP contribution < -0.4 is 15.4 Å². The van der Waals surface area contributed by atoms with E-state index in [4.69, 9.17) is 20.2 Å². The number of aliphatic hydroxyl groups is 1. The number of rotatable bonds is 6. The van der Waals surface area contributed by atoms with Crippen LogP contribution in [0, 0.1) is 0 Å². The van der Waals surface area contributed by atoms with Crippen LogP contribution in [0.25, 0.3) is 21.9 Å². The second-order valence-electron chi connectivity index (χ2n) is 9.78. The van der Waals surface area contributed by atoms with E-state index in [9.17, 15) is 9.90 Å². The molecular formula is C26H28FN7O4. The van der Waals surface area contributed by atoms with Crippen LogP contribution in [0.2, 0.25) is 0 Å². The highest BCUT2D eigenvalue weighted by molar-refractivity contribution is 6.09. The van der Waals surface area contributed by atoms with E-state index in [0.29, 0.717) is 11.1 Å². The van der Waals surface area contributed by atoms with Gasteiger partial charge in [0.15, 0.2) is 12.4 Å². The molecule has 3 N–H and O–H groups in total. The molecular weight excluding hydrogens is 493 g/mol. The van der Waals surface area contributed by atoms with Gasteiger partial charge in [-0.2, -0.15) is 0 Å². The molecule has 0 spiro atoms. The number of hydrogen-bond acceptors (Lipinski definition) is 9. The molecule has 1 amide bonds.